The molecule has 0 heterocycles. The molecule has 0 radical (unpaired) electrons. The molecule has 2 aliphatic carbocycles. The van der Waals surface area contributed by atoms with Crippen molar-refractivity contribution in [2.45, 2.75) is 38.5 Å². The summed E-state index contributed by atoms with van der Waals surface area (Å²) in [6.07, 6.45) is 29.0. The Labute approximate surface area is 119 Å². The van der Waals surface area contributed by atoms with Gasteiger partial charge in [0.2, 0.25) is 0 Å². The van der Waals surface area contributed by atoms with Crippen molar-refractivity contribution in [3.05, 3.63) is 60.8 Å². The smallest absolute Gasteiger partial charge is 0 e. The van der Waals surface area contributed by atoms with Crippen molar-refractivity contribution < 1.29 is 19.5 Å². The van der Waals surface area contributed by atoms with Gasteiger partial charge in [-0.25, -0.2) is 0 Å². The van der Waals surface area contributed by atoms with Gasteiger partial charge in [-0.2, -0.15) is 0 Å². The summed E-state index contributed by atoms with van der Waals surface area (Å²) in [6.45, 7) is 0. The Balaban J connectivity index is 0.000000284. The first kappa shape index (κ1) is 16.3. The van der Waals surface area contributed by atoms with Gasteiger partial charge in [0.05, 0.1) is 0 Å². The van der Waals surface area contributed by atoms with Crippen LogP contribution in [0, 0.1) is 0 Å². The van der Waals surface area contributed by atoms with Crippen LogP contribution >= 0.6 is 0 Å². The van der Waals surface area contributed by atoms with Gasteiger partial charge in [-0.15, -0.1) is 0 Å². The first-order chi connectivity index (χ1) is 8.00. The standard InChI is InChI=1S/C8H12.C8H10.Ru/c2*1-2-4-6-8-7-5-3-1;/h1-4H,5-8H2;1-6H,7-8H2;. The molecule has 0 saturated heterocycles. The number of allylic oxidation sites excluding steroid dienone is 10. The SMILES string of the molecule is C1=CC=CCCC=C1.C1=CCCCCC=C1.[Ru]. The maximum atomic E-state index is 2.23. The zero-order valence-corrected chi connectivity index (χ0v) is 12.1. The molecule has 17 heavy (non-hydrogen) atoms. The van der Waals surface area contributed by atoms with Crippen LogP contribution in [0.1, 0.15) is 38.5 Å². The molecule has 0 bridgehead atoms. The monoisotopic (exact) mass is 316 g/mol. The summed E-state index contributed by atoms with van der Waals surface area (Å²) >= 11 is 0. The minimum Gasteiger partial charge on any atom is -0.0845 e. The van der Waals surface area contributed by atoms with Gasteiger partial charge in [0.15, 0.2) is 0 Å². The normalized spacial score (nSPS) is 17.9. The van der Waals surface area contributed by atoms with Crippen LogP contribution in [0.3, 0.4) is 0 Å². The van der Waals surface area contributed by atoms with E-state index in [9.17, 15) is 0 Å². The van der Waals surface area contributed by atoms with E-state index in [0.29, 0.717) is 0 Å². The van der Waals surface area contributed by atoms with E-state index >= 15 is 0 Å². The summed E-state index contributed by atoms with van der Waals surface area (Å²) < 4.78 is 0. The third-order valence-electron chi connectivity index (χ3n) is 2.48. The molecular weight excluding hydrogens is 293 g/mol. The van der Waals surface area contributed by atoms with Crippen molar-refractivity contribution >= 4 is 0 Å². The van der Waals surface area contributed by atoms with E-state index < -0.39 is 0 Å². The Bertz CT molecular complexity index is 263. The van der Waals surface area contributed by atoms with Gasteiger partial charge in [0.1, 0.15) is 0 Å². The molecule has 0 saturated carbocycles. The molecule has 0 aromatic heterocycles. The Kier molecular flexibility index (Phi) is 12.9. The molecule has 0 spiro atoms. The molecule has 0 aliphatic heterocycles. The zero-order valence-electron chi connectivity index (χ0n) is 10.4. The first-order valence-electron chi connectivity index (χ1n) is 6.30. The van der Waals surface area contributed by atoms with Crippen molar-refractivity contribution in [2.24, 2.45) is 0 Å². The maximum absolute atomic E-state index is 2.23. The van der Waals surface area contributed by atoms with Crippen LogP contribution in [0.5, 0.6) is 0 Å². The quantitative estimate of drug-likeness (QED) is 0.544. The number of hydrogen-bond acceptors (Lipinski definition) is 0. The van der Waals surface area contributed by atoms with E-state index in [1.165, 1.54) is 38.5 Å². The average Bonchev–Trinajstić information content (AvgIpc) is 2.15. The summed E-state index contributed by atoms with van der Waals surface area (Å²) in [4.78, 5) is 0. The Hall–Kier alpha value is -0.677. The molecule has 0 aromatic carbocycles. The van der Waals surface area contributed by atoms with Crippen molar-refractivity contribution in [3.8, 4) is 0 Å². The second-order valence-corrected chi connectivity index (χ2v) is 3.96. The fourth-order valence-electron chi connectivity index (χ4n) is 1.54. The van der Waals surface area contributed by atoms with Gasteiger partial charge in [-0.3, -0.25) is 0 Å². The molecule has 2 aliphatic rings. The van der Waals surface area contributed by atoms with Gasteiger partial charge in [-0.05, 0) is 38.5 Å². The van der Waals surface area contributed by atoms with E-state index in [0.717, 1.165) is 0 Å². The third-order valence-corrected chi connectivity index (χ3v) is 2.48. The van der Waals surface area contributed by atoms with Gasteiger partial charge >= 0.3 is 0 Å². The third kappa shape index (κ3) is 11.6. The molecule has 0 nitrogen and oxygen atoms in total. The molecule has 0 aromatic rings. The van der Waals surface area contributed by atoms with Gasteiger partial charge in [0, 0.05) is 19.5 Å². The van der Waals surface area contributed by atoms with Crippen molar-refractivity contribution in [2.75, 3.05) is 0 Å². The maximum Gasteiger partial charge on any atom is 0 e. The van der Waals surface area contributed by atoms with Crippen LogP contribution in [-0.4, -0.2) is 0 Å². The predicted molar refractivity (Wildman–Crippen MR) is 73.4 cm³/mol. The minimum atomic E-state index is 0. The van der Waals surface area contributed by atoms with Crippen LogP contribution in [0.2, 0.25) is 0 Å². The molecule has 2 rings (SSSR count). The fraction of sp³-hybridized carbons (Fsp3) is 0.375. The van der Waals surface area contributed by atoms with Crippen LogP contribution in [0.25, 0.3) is 0 Å². The van der Waals surface area contributed by atoms with Crippen LogP contribution in [-0.2, 0) is 19.5 Å². The van der Waals surface area contributed by atoms with Crippen LogP contribution in [0.15, 0.2) is 60.8 Å². The average molecular weight is 315 g/mol. The molecule has 0 amide bonds. The summed E-state index contributed by atoms with van der Waals surface area (Å²) in [6, 6.07) is 0. The molecule has 0 unspecified atom stereocenters. The van der Waals surface area contributed by atoms with Crippen molar-refractivity contribution in [3.63, 3.8) is 0 Å². The Morgan fingerprint density at radius 1 is 0.412 bits per heavy atom. The molecule has 0 fully saturated rings. The molecule has 0 N–H and O–H groups in total. The minimum absolute atomic E-state index is 0. The summed E-state index contributed by atoms with van der Waals surface area (Å²) in [5.41, 5.74) is 0. The van der Waals surface area contributed by atoms with E-state index in [-0.39, 0.29) is 19.5 Å². The summed E-state index contributed by atoms with van der Waals surface area (Å²) in [5.74, 6) is 0. The van der Waals surface area contributed by atoms with Crippen molar-refractivity contribution in [1.82, 2.24) is 0 Å². The summed E-state index contributed by atoms with van der Waals surface area (Å²) in [7, 11) is 0. The molecule has 1 heteroatoms. The topological polar surface area (TPSA) is 0 Å². The first-order valence-corrected chi connectivity index (χ1v) is 6.30. The zero-order chi connectivity index (χ0) is 11.3. The van der Waals surface area contributed by atoms with Crippen LogP contribution < -0.4 is 0 Å². The van der Waals surface area contributed by atoms with Crippen LogP contribution in [0.4, 0.5) is 0 Å². The number of rotatable bonds is 0. The largest absolute Gasteiger partial charge is 0.0845 e. The van der Waals surface area contributed by atoms with Gasteiger partial charge < -0.3 is 0 Å². The van der Waals surface area contributed by atoms with Gasteiger partial charge in [0.25, 0.3) is 0 Å². The second-order valence-electron chi connectivity index (χ2n) is 3.96. The van der Waals surface area contributed by atoms with E-state index in [4.69, 9.17) is 0 Å². The Morgan fingerprint density at radius 2 is 0.765 bits per heavy atom. The summed E-state index contributed by atoms with van der Waals surface area (Å²) in [5, 5.41) is 0. The second kappa shape index (κ2) is 13.4. The number of hydrogen-bond donors (Lipinski definition) is 0. The van der Waals surface area contributed by atoms with E-state index in [1.54, 1.807) is 0 Å². The van der Waals surface area contributed by atoms with E-state index in [1.807, 2.05) is 0 Å². The molecule has 0 atom stereocenters. The van der Waals surface area contributed by atoms with Gasteiger partial charge in [-0.1, -0.05) is 60.8 Å². The fourth-order valence-corrected chi connectivity index (χ4v) is 1.54. The van der Waals surface area contributed by atoms with Crippen molar-refractivity contribution in [1.29, 1.82) is 0 Å². The predicted octanol–water partition coefficient (Wildman–Crippen LogP) is 5.12. The van der Waals surface area contributed by atoms with E-state index in [2.05, 4.69) is 60.8 Å². The molecule has 94 valence electrons. The molecular formula is C16H22Ru. The Morgan fingerprint density at radius 3 is 1.24 bits per heavy atom.